The van der Waals surface area contributed by atoms with Gasteiger partial charge in [0.2, 0.25) is 5.91 Å². The maximum atomic E-state index is 11.7. The van der Waals surface area contributed by atoms with Crippen molar-refractivity contribution in [3.8, 4) is 0 Å². The van der Waals surface area contributed by atoms with E-state index < -0.39 is 5.97 Å². The van der Waals surface area contributed by atoms with E-state index in [-0.39, 0.29) is 17.6 Å². The van der Waals surface area contributed by atoms with Gasteiger partial charge >= 0.3 is 5.97 Å². The first-order valence-corrected chi connectivity index (χ1v) is 8.13. The highest BCUT2D eigenvalue weighted by atomic mass is 32.2. The van der Waals surface area contributed by atoms with E-state index in [0.29, 0.717) is 10.8 Å². The lowest BCUT2D eigenvalue weighted by atomic mass is 10.3. The molecule has 1 unspecified atom stereocenters. The Morgan fingerprint density at radius 1 is 1.58 bits per heavy atom. The lowest BCUT2D eigenvalue weighted by molar-refractivity contribution is -0.119. The number of hydrogen-bond acceptors (Lipinski definition) is 5. The van der Waals surface area contributed by atoms with Crippen molar-refractivity contribution in [1.29, 1.82) is 0 Å². The number of amides is 1. The number of unbranched alkanes of at least 4 members (excludes halogenated alkanes) is 1. The van der Waals surface area contributed by atoms with Crippen LogP contribution in [0.5, 0.6) is 0 Å². The largest absolute Gasteiger partial charge is 0.476 e. The second-order valence-corrected chi connectivity index (χ2v) is 6.07. The molecule has 2 N–H and O–H groups in total. The summed E-state index contributed by atoms with van der Waals surface area (Å²) in [6.07, 6.45) is 2.24. The molecule has 1 amide bonds. The first-order chi connectivity index (χ1) is 9.04. The predicted molar refractivity (Wildman–Crippen MR) is 77.9 cm³/mol. The van der Waals surface area contributed by atoms with Crippen LogP contribution >= 0.6 is 23.1 Å². The van der Waals surface area contributed by atoms with Crippen molar-refractivity contribution in [3.63, 3.8) is 0 Å². The molecule has 7 heteroatoms. The maximum absolute atomic E-state index is 11.7. The molecule has 0 bridgehead atoms. The second kappa shape index (κ2) is 8.16. The van der Waals surface area contributed by atoms with Gasteiger partial charge in [0.05, 0.1) is 11.8 Å². The highest BCUT2D eigenvalue weighted by Crippen LogP contribution is 2.18. The summed E-state index contributed by atoms with van der Waals surface area (Å²) in [5.41, 5.74) is 0.0263. The summed E-state index contributed by atoms with van der Waals surface area (Å²) in [6, 6.07) is -0.252. The lowest BCUT2D eigenvalue weighted by Crippen LogP contribution is -2.28. The third kappa shape index (κ3) is 5.61. The fourth-order valence-corrected chi connectivity index (χ4v) is 3.05. The molecule has 1 heterocycles. The van der Waals surface area contributed by atoms with Crippen molar-refractivity contribution >= 4 is 35.0 Å². The zero-order valence-electron chi connectivity index (χ0n) is 11.0. The van der Waals surface area contributed by atoms with Crippen LogP contribution in [0.2, 0.25) is 0 Å². The van der Waals surface area contributed by atoms with Gasteiger partial charge < -0.3 is 10.4 Å². The van der Waals surface area contributed by atoms with E-state index in [1.165, 1.54) is 16.7 Å². The minimum absolute atomic E-state index is 0.0263. The number of carboxylic acids is 1. The number of hydrogen-bond donors (Lipinski definition) is 2. The summed E-state index contributed by atoms with van der Waals surface area (Å²) < 4.78 is 0. The van der Waals surface area contributed by atoms with Crippen LogP contribution in [0.1, 0.15) is 48.2 Å². The van der Waals surface area contributed by atoms with E-state index in [1.54, 1.807) is 18.7 Å². The van der Waals surface area contributed by atoms with E-state index >= 15 is 0 Å². The minimum atomic E-state index is -1.05. The normalized spacial score (nSPS) is 12.1. The lowest BCUT2D eigenvalue weighted by Gasteiger charge is -2.10. The quantitative estimate of drug-likeness (QED) is 0.721. The van der Waals surface area contributed by atoms with Crippen molar-refractivity contribution < 1.29 is 14.7 Å². The third-order valence-electron chi connectivity index (χ3n) is 2.36. The summed E-state index contributed by atoms with van der Waals surface area (Å²) in [5.74, 6) is 0.331. The molecule has 1 aromatic heterocycles. The molecule has 0 saturated heterocycles. The summed E-state index contributed by atoms with van der Waals surface area (Å²) in [5, 5.41) is 13.7. The molecule has 0 radical (unpaired) electrons. The molecule has 106 valence electrons. The van der Waals surface area contributed by atoms with Crippen LogP contribution in [0.3, 0.4) is 0 Å². The van der Waals surface area contributed by atoms with Gasteiger partial charge in [-0.15, -0.1) is 11.3 Å². The summed E-state index contributed by atoms with van der Waals surface area (Å²) in [6.45, 7) is 3.92. The molecular formula is C12H18N2O3S2. The number of thiazole rings is 1. The SMILES string of the molecule is CCCCSCC(=O)NC(C)c1nc(C(=O)O)cs1. The molecule has 1 aromatic rings. The molecule has 0 aromatic carbocycles. The first kappa shape index (κ1) is 16.0. The molecule has 0 fully saturated rings. The van der Waals surface area contributed by atoms with Gasteiger partial charge in [-0.3, -0.25) is 4.79 Å². The standard InChI is InChI=1S/C12H18N2O3S2/c1-3-4-5-18-7-10(15)13-8(2)11-14-9(6-19-11)12(16)17/h6,8H,3-5,7H2,1-2H3,(H,13,15)(H,16,17). The van der Waals surface area contributed by atoms with Crippen LogP contribution in [0.4, 0.5) is 0 Å². The first-order valence-electron chi connectivity index (χ1n) is 6.10. The molecule has 0 saturated carbocycles. The van der Waals surface area contributed by atoms with Gasteiger partial charge in [-0.25, -0.2) is 9.78 Å². The Labute approximate surface area is 120 Å². The molecule has 0 aliphatic heterocycles. The highest BCUT2D eigenvalue weighted by molar-refractivity contribution is 7.99. The number of carbonyl (C=O) groups excluding carboxylic acids is 1. The molecular weight excluding hydrogens is 284 g/mol. The van der Waals surface area contributed by atoms with Gasteiger partial charge in [0.15, 0.2) is 5.69 Å². The van der Waals surface area contributed by atoms with Crippen molar-refractivity contribution in [3.05, 3.63) is 16.1 Å². The summed E-state index contributed by atoms with van der Waals surface area (Å²) in [7, 11) is 0. The van der Waals surface area contributed by atoms with E-state index in [9.17, 15) is 9.59 Å². The van der Waals surface area contributed by atoms with Gasteiger partial charge in [-0.2, -0.15) is 11.8 Å². The van der Waals surface area contributed by atoms with Crippen LogP contribution in [0.25, 0.3) is 0 Å². The topological polar surface area (TPSA) is 79.3 Å². The molecule has 0 spiro atoms. The van der Waals surface area contributed by atoms with Crippen molar-refractivity contribution in [1.82, 2.24) is 10.3 Å². The highest BCUT2D eigenvalue weighted by Gasteiger charge is 2.15. The van der Waals surface area contributed by atoms with Gasteiger partial charge in [0, 0.05) is 5.38 Å². The third-order valence-corrected chi connectivity index (χ3v) is 4.44. The Bertz CT molecular complexity index is 434. The van der Waals surface area contributed by atoms with Crippen LogP contribution < -0.4 is 5.32 Å². The van der Waals surface area contributed by atoms with Gasteiger partial charge in [0.1, 0.15) is 5.01 Å². The fourth-order valence-electron chi connectivity index (χ4n) is 1.34. The van der Waals surface area contributed by atoms with Crippen molar-refractivity contribution in [2.75, 3.05) is 11.5 Å². The number of aromatic carboxylic acids is 1. The smallest absolute Gasteiger partial charge is 0.355 e. The maximum Gasteiger partial charge on any atom is 0.355 e. The van der Waals surface area contributed by atoms with E-state index in [1.807, 2.05) is 0 Å². The Morgan fingerprint density at radius 2 is 2.32 bits per heavy atom. The number of nitrogens with zero attached hydrogens (tertiary/aromatic N) is 1. The van der Waals surface area contributed by atoms with Crippen LogP contribution in [-0.4, -0.2) is 33.5 Å². The minimum Gasteiger partial charge on any atom is -0.476 e. The van der Waals surface area contributed by atoms with E-state index in [0.717, 1.165) is 18.6 Å². The number of carbonyl (C=O) groups is 2. The van der Waals surface area contributed by atoms with Crippen molar-refractivity contribution in [2.45, 2.75) is 32.7 Å². The van der Waals surface area contributed by atoms with Gasteiger partial charge in [0.25, 0.3) is 0 Å². The zero-order chi connectivity index (χ0) is 14.3. The zero-order valence-corrected chi connectivity index (χ0v) is 12.6. The molecule has 19 heavy (non-hydrogen) atoms. The number of nitrogens with one attached hydrogen (secondary N) is 1. The van der Waals surface area contributed by atoms with Crippen LogP contribution in [-0.2, 0) is 4.79 Å². The number of rotatable bonds is 8. The fraction of sp³-hybridized carbons (Fsp3) is 0.583. The van der Waals surface area contributed by atoms with Crippen molar-refractivity contribution in [2.24, 2.45) is 0 Å². The monoisotopic (exact) mass is 302 g/mol. The van der Waals surface area contributed by atoms with Crippen LogP contribution in [0.15, 0.2) is 5.38 Å². The Balaban J connectivity index is 2.38. The van der Waals surface area contributed by atoms with Gasteiger partial charge in [-0.05, 0) is 19.1 Å². The van der Waals surface area contributed by atoms with Gasteiger partial charge in [-0.1, -0.05) is 13.3 Å². The Kier molecular flexibility index (Phi) is 6.86. The average Bonchev–Trinajstić information content (AvgIpc) is 2.84. The molecule has 1 rings (SSSR count). The van der Waals surface area contributed by atoms with E-state index in [2.05, 4.69) is 17.2 Å². The Morgan fingerprint density at radius 3 is 2.89 bits per heavy atom. The number of carboxylic acid groups (broad SMARTS) is 1. The number of thioether (sulfide) groups is 1. The summed E-state index contributed by atoms with van der Waals surface area (Å²) >= 11 is 2.86. The molecule has 0 aliphatic rings. The second-order valence-electron chi connectivity index (χ2n) is 4.07. The summed E-state index contributed by atoms with van der Waals surface area (Å²) in [4.78, 5) is 26.3. The predicted octanol–water partition coefficient (Wildman–Crippen LogP) is 2.55. The number of aromatic nitrogens is 1. The van der Waals surface area contributed by atoms with E-state index in [4.69, 9.17) is 5.11 Å². The average molecular weight is 302 g/mol. The molecule has 1 atom stereocenters. The molecule has 5 nitrogen and oxygen atoms in total. The Hall–Kier alpha value is -1.08. The van der Waals surface area contributed by atoms with Crippen LogP contribution in [0, 0.1) is 0 Å². The molecule has 0 aliphatic carbocycles.